The van der Waals surface area contributed by atoms with Crippen LogP contribution in [0.1, 0.15) is 39.5 Å². The van der Waals surface area contributed by atoms with Crippen LogP contribution in [0.3, 0.4) is 0 Å². The van der Waals surface area contributed by atoms with E-state index in [-0.39, 0.29) is 5.56 Å². The van der Waals surface area contributed by atoms with Gasteiger partial charge in [-0.1, -0.05) is 38.0 Å². The van der Waals surface area contributed by atoms with Crippen LogP contribution in [-0.4, -0.2) is 27.7 Å². The third kappa shape index (κ3) is 3.26. The second-order valence-electron chi connectivity index (χ2n) is 6.26. The zero-order chi connectivity index (χ0) is 14.8. The second kappa shape index (κ2) is 6.13. The average Bonchev–Trinajstić information content (AvgIpc) is 2.91. The van der Waals surface area contributed by atoms with Crippen molar-refractivity contribution in [1.29, 1.82) is 0 Å². The van der Waals surface area contributed by atoms with Gasteiger partial charge in [0.15, 0.2) is 0 Å². The molecular weight excluding hydrogens is 284 g/mol. The maximum Gasteiger partial charge on any atom is 0.275 e. The van der Waals surface area contributed by atoms with Gasteiger partial charge in [0, 0.05) is 25.4 Å². The van der Waals surface area contributed by atoms with Gasteiger partial charge in [-0.25, -0.2) is 4.98 Å². The molecule has 114 valence electrons. The fourth-order valence-corrected chi connectivity index (χ4v) is 3.77. The Morgan fingerprint density at radius 1 is 1.38 bits per heavy atom. The topological polar surface area (TPSA) is 50.5 Å². The molecule has 0 atom stereocenters. The summed E-state index contributed by atoms with van der Waals surface area (Å²) in [7, 11) is 0. The van der Waals surface area contributed by atoms with Crippen molar-refractivity contribution in [3.8, 4) is 0 Å². The van der Waals surface area contributed by atoms with Gasteiger partial charge >= 0.3 is 0 Å². The highest BCUT2D eigenvalue weighted by molar-refractivity contribution is 7.20. The SMILES string of the molecule is CC(C)CCC1CCN(c2nn3c(=O)ccnc3s2)CC1. The lowest BCUT2D eigenvalue weighted by molar-refractivity contribution is 0.351. The molecule has 21 heavy (non-hydrogen) atoms. The number of nitrogens with zero attached hydrogens (tertiary/aromatic N) is 4. The monoisotopic (exact) mass is 306 g/mol. The normalized spacial score (nSPS) is 17.0. The zero-order valence-corrected chi connectivity index (χ0v) is 13.5. The summed E-state index contributed by atoms with van der Waals surface area (Å²) in [6.45, 7) is 6.66. The lowest BCUT2D eigenvalue weighted by Crippen LogP contribution is -2.33. The highest BCUT2D eigenvalue weighted by atomic mass is 32.1. The van der Waals surface area contributed by atoms with Crippen molar-refractivity contribution in [2.45, 2.75) is 39.5 Å². The molecule has 0 unspecified atom stereocenters. The summed E-state index contributed by atoms with van der Waals surface area (Å²) in [5.74, 6) is 1.64. The third-order valence-electron chi connectivity index (χ3n) is 4.20. The van der Waals surface area contributed by atoms with Gasteiger partial charge in [0.05, 0.1) is 0 Å². The summed E-state index contributed by atoms with van der Waals surface area (Å²) in [4.78, 5) is 18.9. The molecule has 6 heteroatoms. The third-order valence-corrected chi connectivity index (χ3v) is 5.18. The molecule has 1 fully saturated rings. The second-order valence-corrected chi connectivity index (χ2v) is 7.20. The van der Waals surface area contributed by atoms with E-state index in [4.69, 9.17) is 0 Å². The molecule has 5 nitrogen and oxygen atoms in total. The van der Waals surface area contributed by atoms with Crippen molar-refractivity contribution in [3.05, 3.63) is 22.6 Å². The molecule has 0 bridgehead atoms. The van der Waals surface area contributed by atoms with Crippen molar-refractivity contribution in [3.63, 3.8) is 0 Å². The number of anilines is 1. The highest BCUT2D eigenvalue weighted by Gasteiger charge is 2.22. The van der Waals surface area contributed by atoms with Gasteiger partial charge in [-0.3, -0.25) is 4.79 Å². The fraction of sp³-hybridized carbons (Fsp3) is 0.667. The van der Waals surface area contributed by atoms with E-state index in [1.54, 1.807) is 6.20 Å². The lowest BCUT2D eigenvalue weighted by atomic mass is 9.90. The van der Waals surface area contributed by atoms with Gasteiger partial charge in [-0.15, -0.1) is 5.10 Å². The Morgan fingerprint density at radius 3 is 2.81 bits per heavy atom. The first-order valence-electron chi connectivity index (χ1n) is 7.73. The summed E-state index contributed by atoms with van der Waals surface area (Å²) in [6, 6.07) is 1.45. The first kappa shape index (κ1) is 14.5. The summed E-state index contributed by atoms with van der Waals surface area (Å²) in [6.07, 6.45) is 6.67. The molecule has 0 radical (unpaired) electrons. The molecule has 0 spiro atoms. The first-order chi connectivity index (χ1) is 10.1. The van der Waals surface area contributed by atoms with Crippen LogP contribution in [0.15, 0.2) is 17.1 Å². The molecular formula is C15H22N4OS. The predicted molar refractivity (Wildman–Crippen MR) is 86.1 cm³/mol. The molecule has 3 rings (SSSR count). The largest absolute Gasteiger partial charge is 0.347 e. The molecule has 2 aromatic heterocycles. The number of rotatable bonds is 4. The van der Waals surface area contributed by atoms with Crippen molar-refractivity contribution < 1.29 is 0 Å². The molecule has 1 aliphatic rings. The van der Waals surface area contributed by atoms with E-state index < -0.39 is 0 Å². The maximum absolute atomic E-state index is 11.7. The van der Waals surface area contributed by atoms with Gasteiger partial charge in [0.2, 0.25) is 10.1 Å². The fourth-order valence-electron chi connectivity index (χ4n) is 2.84. The maximum atomic E-state index is 11.7. The minimum Gasteiger partial charge on any atom is -0.347 e. The zero-order valence-electron chi connectivity index (χ0n) is 12.7. The highest BCUT2D eigenvalue weighted by Crippen LogP contribution is 2.29. The summed E-state index contributed by atoms with van der Waals surface area (Å²) in [5.41, 5.74) is -0.102. The summed E-state index contributed by atoms with van der Waals surface area (Å²) in [5, 5.41) is 5.35. The standard InChI is InChI=1S/C15H22N4OS/c1-11(2)3-4-12-6-9-18(10-7-12)15-17-19-13(20)5-8-16-14(19)21-15/h5,8,11-12H,3-4,6-7,9-10H2,1-2H3. The van der Waals surface area contributed by atoms with E-state index in [9.17, 15) is 4.79 Å². The van der Waals surface area contributed by atoms with Crippen molar-refractivity contribution >= 4 is 21.4 Å². The molecule has 0 N–H and O–H groups in total. The van der Waals surface area contributed by atoms with E-state index in [1.165, 1.54) is 47.6 Å². The van der Waals surface area contributed by atoms with Gasteiger partial charge in [0.1, 0.15) is 0 Å². The number of aromatic nitrogens is 3. The number of piperidine rings is 1. The van der Waals surface area contributed by atoms with Crippen LogP contribution in [0, 0.1) is 11.8 Å². The van der Waals surface area contributed by atoms with E-state index in [0.29, 0.717) is 4.96 Å². The molecule has 1 aliphatic heterocycles. The van der Waals surface area contributed by atoms with Crippen LogP contribution in [-0.2, 0) is 0 Å². The van der Waals surface area contributed by atoms with Crippen molar-refractivity contribution in [1.82, 2.24) is 14.6 Å². The van der Waals surface area contributed by atoms with Crippen LogP contribution in [0.4, 0.5) is 5.13 Å². The Morgan fingerprint density at radius 2 is 2.14 bits per heavy atom. The van der Waals surface area contributed by atoms with Crippen molar-refractivity contribution in [2.75, 3.05) is 18.0 Å². The van der Waals surface area contributed by atoms with Gasteiger partial charge < -0.3 is 4.90 Å². The van der Waals surface area contributed by atoms with Crippen molar-refractivity contribution in [2.24, 2.45) is 11.8 Å². The van der Waals surface area contributed by atoms with Crippen LogP contribution in [0.5, 0.6) is 0 Å². The molecule has 2 aromatic rings. The Bertz CT molecular complexity index is 655. The molecule has 0 aliphatic carbocycles. The number of hydrogen-bond donors (Lipinski definition) is 0. The Balaban J connectivity index is 1.65. The molecule has 0 saturated carbocycles. The number of hydrogen-bond acceptors (Lipinski definition) is 5. The first-order valence-corrected chi connectivity index (χ1v) is 8.55. The predicted octanol–water partition coefficient (Wildman–Crippen LogP) is 2.80. The smallest absolute Gasteiger partial charge is 0.275 e. The Labute approximate surface area is 128 Å². The Kier molecular flexibility index (Phi) is 4.24. The molecule has 0 aromatic carbocycles. The van der Waals surface area contributed by atoms with Gasteiger partial charge in [0.25, 0.3) is 5.56 Å². The lowest BCUT2D eigenvalue weighted by Gasteiger charge is -2.31. The number of fused-ring (bicyclic) bond motifs is 1. The van der Waals surface area contributed by atoms with Crippen LogP contribution >= 0.6 is 11.3 Å². The quantitative estimate of drug-likeness (QED) is 0.871. The molecule has 0 amide bonds. The van der Waals surface area contributed by atoms with E-state index in [2.05, 4.69) is 28.8 Å². The summed E-state index contributed by atoms with van der Waals surface area (Å²) >= 11 is 1.50. The summed E-state index contributed by atoms with van der Waals surface area (Å²) < 4.78 is 1.41. The van der Waals surface area contributed by atoms with Crippen LogP contribution in [0.2, 0.25) is 0 Å². The molecule has 3 heterocycles. The minimum absolute atomic E-state index is 0.102. The van der Waals surface area contributed by atoms with E-state index in [1.807, 2.05) is 0 Å². The van der Waals surface area contributed by atoms with Crippen LogP contribution < -0.4 is 10.5 Å². The van der Waals surface area contributed by atoms with Gasteiger partial charge in [-0.05, 0) is 24.7 Å². The molecule has 1 saturated heterocycles. The van der Waals surface area contributed by atoms with Crippen LogP contribution in [0.25, 0.3) is 4.96 Å². The Hall–Kier alpha value is -1.43. The minimum atomic E-state index is -0.102. The van der Waals surface area contributed by atoms with E-state index in [0.717, 1.165) is 30.1 Å². The average molecular weight is 306 g/mol. The van der Waals surface area contributed by atoms with E-state index >= 15 is 0 Å². The van der Waals surface area contributed by atoms with Gasteiger partial charge in [-0.2, -0.15) is 4.52 Å².